The number of ether oxygens (including phenoxy) is 1. The summed E-state index contributed by atoms with van der Waals surface area (Å²) in [6.07, 6.45) is 0. The summed E-state index contributed by atoms with van der Waals surface area (Å²) in [6, 6.07) is 7.21. The Morgan fingerprint density at radius 3 is 2.67 bits per heavy atom. The zero-order valence-corrected chi connectivity index (χ0v) is 11.1. The smallest absolute Gasteiger partial charge is 0.254 e. The minimum atomic E-state index is -0.228. The van der Waals surface area contributed by atoms with Crippen molar-refractivity contribution in [3.63, 3.8) is 0 Å². The first-order valence-electron chi connectivity index (χ1n) is 6.18. The number of hydrogen-bond acceptors (Lipinski definition) is 3. The van der Waals surface area contributed by atoms with E-state index in [1.807, 2.05) is 12.1 Å². The molecule has 2 rings (SSSR count). The van der Waals surface area contributed by atoms with Crippen molar-refractivity contribution in [2.24, 2.45) is 11.7 Å². The molecule has 1 amide bonds. The molecule has 1 aliphatic heterocycles. The van der Waals surface area contributed by atoms with Crippen LogP contribution in [0, 0.1) is 5.92 Å². The zero-order chi connectivity index (χ0) is 13.3. The van der Waals surface area contributed by atoms with Gasteiger partial charge in [0.2, 0.25) is 0 Å². The molecule has 1 aromatic rings. The van der Waals surface area contributed by atoms with Gasteiger partial charge in [-0.1, -0.05) is 19.9 Å². The Morgan fingerprint density at radius 2 is 2.11 bits per heavy atom. The van der Waals surface area contributed by atoms with Crippen LogP contribution in [0.25, 0.3) is 0 Å². The van der Waals surface area contributed by atoms with E-state index in [-0.39, 0.29) is 11.4 Å². The number of carbonyl (C=O) groups excluding carboxylic acids is 1. The number of amides is 1. The van der Waals surface area contributed by atoms with Gasteiger partial charge in [-0.05, 0) is 24.1 Å². The Kier molecular flexibility index (Phi) is 3.30. The van der Waals surface area contributed by atoms with Crippen LogP contribution in [0.1, 0.15) is 24.2 Å². The molecule has 0 aromatic heterocycles. The summed E-state index contributed by atoms with van der Waals surface area (Å²) in [5.41, 5.74) is 6.61. The molecule has 1 aliphatic rings. The Labute approximate surface area is 108 Å². The highest BCUT2D eigenvalue weighted by molar-refractivity contribution is 5.95. The minimum absolute atomic E-state index is 0.0237. The minimum Gasteiger partial charge on any atom is -0.497 e. The second-order valence-corrected chi connectivity index (χ2v) is 5.28. The van der Waals surface area contributed by atoms with Gasteiger partial charge in [-0.3, -0.25) is 4.79 Å². The Morgan fingerprint density at radius 1 is 1.44 bits per heavy atom. The number of benzene rings is 1. The second kappa shape index (κ2) is 4.61. The lowest BCUT2D eigenvalue weighted by Crippen LogP contribution is -2.71. The predicted molar refractivity (Wildman–Crippen MR) is 70.7 cm³/mol. The monoisotopic (exact) mass is 248 g/mol. The van der Waals surface area contributed by atoms with E-state index in [0.29, 0.717) is 30.3 Å². The molecule has 0 radical (unpaired) electrons. The fraction of sp³-hybridized carbons (Fsp3) is 0.500. The number of hydrogen-bond donors (Lipinski definition) is 1. The van der Waals surface area contributed by atoms with E-state index in [1.165, 1.54) is 0 Å². The maximum Gasteiger partial charge on any atom is 0.254 e. The highest BCUT2D eigenvalue weighted by Gasteiger charge is 2.44. The van der Waals surface area contributed by atoms with Crippen LogP contribution in [0.15, 0.2) is 24.3 Å². The standard InChI is InChI=1S/C14H20N2O2/c1-10(2)14(15)8-16(9-14)13(17)11-5-4-6-12(7-11)18-3/h4-7,10H,8-9,15H2,1-3H3. The average Bonchev–Trinajstić information content (AvgIpc) is 2.34. The fourth-order valence-corrected chi connectivity index (χ4v) is 2.11. The Balaban J connectivity index is 2.06. The number of rotatable bonds is 3. The Hall–Kier alpha value is -1.55. The molecular formula is C14H20N2O2. The zero-order valence-electron chi connectivity index (χ0n) is 11.1. The molecule has 2 N–H and O–H groups in total. The quantitative estimate of drug-likeness (QED) is 0.882. The first kappa shape index (κ1) is 12.9. The highest BCUT2D eigenvalue weighted by atomic mass is 16.5. The number of likely N-dealkylation sites (tertiary alicyclic amines) is 1. The SMILES string of the molecule is COc1cccc(C(=O)N2CC(N)(C(C)C)C2)c1. The number of nitrogens with zero attached hydrogens (tertiary/aromatic N) is 1. The van der Waals surface area contributed by atoms with E-state index in [0.717, 1.165) is 0 Å². The average molecular weight is 248 g/mol. The van der Waals surface area contributed by atoms with Crippen molar-refractivity contribution < 1.29 is 9.53 Å². The molecule has 18 heavy (non-hydrogen) atoms. The normalized spacial score (nSPS) is 17.5. The van der Waals surface area contributed by atoms with E-state index >= 15 is 0 Å². The van der Waals surface area contributed by atoms with Crippen molar-refractivity contribution in [2.45, 2.75) is 19.4 Å². The molecule has 1 heterocycles. The molecule has 0 saturated carbocycles. The van der Waals surface area contributed by atoms with Crippen molar-refractivity contribution in [1.29, 1.82) is 0 Å². The van der Waals surface area contributed by atoms with Crippen LogP contribution in [-0.4, -0.2) is 36.5 Å². The third kappa shape index (κ3) is 2.20. The third-order valence-electron chi connectivity index (χ3n) is 3.72. The summed E-state index contributed by atoms with van der Waals surface area (Å²) < 4.78 is 5.12. The lowest BCUT2D eigenvalue weighted by atomic mass is 9.80. The van der Waals surface area contributed by atoms with Gasteiger partial charge in [0.1, 0.15) is 5.75 Å². The van der Waals surface area contributed by atoms with Crippen LogP contribution in [-0.2, 0) is 0 Å². The molecule has 1 saturated heterocycles. The molecule has 0 unspecified atom stereocenters. The van der Waals surface area contributed by atoms with E-state index in [2.05, 4.69) is 13.8 Å². The van der Waals surface area contributed by atoms with Gasteiger partial charge in [0.25, 0.3) is 5.91 Å². The summed E-state index contributed by atoms with van der Waals surface area (Å²) in [6.45, 7) is 5.43. The lowest BCUT2D eigenvalue weighted by molar-refractivity contribution is 0.0275. The molecule has 98 valence electrons. The molecule has 1 aromatic carbocycles. The molecule has 0 bridgehead atoms. The molecule has 0 aliphatic carbocycles. The van der Waals surface area contributed by atoms with Gasteiger partial charge >= 0.3 is 0 Å². The van der Waals surface area contributed by atoms with Gasteiger partial charge in [-0.15, -0.1) is 0 Å². The van der Waals surface area contributed by atoms with Gasteiger partial charge in [-0.25, -0.2) is 0 Å². The van der Waals surface area contributed by atoms with Gasteiger partial charge < -0.3 is 15.4 Å². The first-order valence-corrected chi connectivity index (χ1v) is 6.18. The van der Waals surface area contributed by atoms with Crippen molar-refractivity contribution >= 4 is 5.91 Å². The van der Waals surface area contributed by atoms with E-state index < -0.39 is 0 Å². The van der Waals surface area contributed by atoms with Crippen LogP contribution in [0.3, 0.4) is 0 Å². The molecule has 0 atom stereocenters. The maximum absolute atomic E-state index is 12.2. The topological polar surface area (TPSA) is 55.6 Å². The maximum atomic E-state index is 12.2. The lowest BCUT2D eigenvalue weighted by Gasteiger charge is -2.50. The van der Waals surface area contributed by atoms with Crippen LogP contribution in [0.2, 0.25) is 0 Å². The summed E-state index contributed by atoms with van der Waals surface area (Å²) in [7, 11) is 1.59. The second-order valence-electron chi connectivity index (χ2n) is 5.28. The molecule has 0 spiro atoms. The van der Waals surface area contributed by atoms with Crippen LogP contribution >= 0.6 is 0 Å². The molecule has 4 heteroatoms. The van der Waals surface area contributed by atoms with E-state index in [1.54, 1.807) is 24.1 Å². The fourth-order valence-electron chi connectivity index (χ4n) is 2.11. The van der Waals surface area contributed by atoms with Gasteiger partial charge in [0.15, 0.2) is 0 Å². The largest absolute Gasteiger partial charge is 0.497 e. The van der Waals surface area contributed by atoms with Crippen LogP contribution < -0.4 is 10.5 Å². The Bertz CT molecular complexity index is 451. The van der Waals surface area contributed by atoms with Crippen molar-refractivity contribution in [3.8, 4) is 5.75 Å². The summed E-state index contributed by atoms with van der Waals surface area (Å²) in [5.74, 6) is 1.10. The number of nitrogens with two attached hydrogens (primary N) is 1. The van der Waals surface area contributed by atoms with Crippen molar-refractivity contribution in [1.82, 2.24) is 4.90 Å². The highest BCUT2D eigenvalue weighted by Crippen LogP contribution is 2.28. The van der Waals surface area contributed by atoms with Crippen LogP contribution in [0.5, 0.6) is 5.75 Å². The molecule has 4 nitrogen and oxygen atoms in total. The van der Waals surface area contributed by atoms with Crippen molar-refractivity contribution in [2.75, 3.05) is 20.2 Å². The van der Waals surface area contributed by atoms with Gasteiger partial charge in [-0.2, -0.15) is 0 Å². The molecular weight excluding hydrogens is 228 g/mol. The molecule has 1 fully saturated rings. The van der Waals surface area contributed by atoms with Crippen LogP contribution in [0.4, 0.5) is 0 Å². The number of methoxy groups -OCH3 is 1. The van der Waals surface area contributed by atoms with E-state index in [9.17, 15) is 4.79 Å². The van der Waals surface area contributed by atoms with Gasteiger partial charge in [0.05, 0.1) is 12.6 Å². The van der Waals surface area contributed by atoms with Gasteiger partial charge in [0, 0.05) is 18.7 Å². The first-order chi connectivity index (χ1) is 8.46. The van der Waals surface area contributed by atoms with Crippen molar-refractivity contribution in [3.05, 3.63) is 29.8 Å². The van der Waals surface area contributed by atoms with E-state index in [4.69, 9.17) is 10.5 Å². The number of carbonyl (C=O) groups is 1. The third-order valence-corrected chi connectivity index (χ3v) is 3.72. The summed E-state index contributed by atoms with van der Waals surface area (Å²) >= 11 is 0. The predicted octanol–water partition coefficient (Wildman–Crippen LogP) is 1.50. The summed E-state index contributed by atoms with van der Waals surface area (Å²) in [4.78, 5) is 14.0. The summed E-state index contributed by atoms with van der Waals surface area (Å²) in [5, 5.41) is 0.